The van der Waals surface area contributed by atoms with Crippen molar-refractivity contribution in [1.29, 1.82) is 0 Å². The van der Waals surface area contributed by atoms with E-state index in [9.17, 15) is 14.0 Å². The van der Waals surface area contributed by atoms with Gasteiger partial charge in [0, 0.05) is 30.0 Å². The molecule has 122 valence electrons. The van der Waals surface area contributed by atoms with Gasteiger partial charge in [-0.2, -0.15) is 0 Å². The molecule has 0 radical (unpaired) electrons. The molecule has 1 atom stereocenters. The maximum absolute atomic E-state index is 13.1. The molecular formula is C15H21BrFN3O2. The Hall–Kier alpha value is -1.47. The number of benzene rings is 1. The molecule has 0 unspecified atom stereocenters. The van der Waals surface area contributed by atoms with E-state index in [0.29, 0.717) is 11.0 Å². The molecule has 3 N–H and O–H groups in total. The molecule has 0 fully saturated rings. The van der Waals surface area contributed by atoms with Crippen LogP contribution in [0.5, 0.6) is 0 Å². The molecule has 0 saturated heterocycles. The monoisotopic (exact) mass is 373 g/mol. The third kappa shape index (κ3) is 6.53. The van der Waals surface area contributed by atoms with Gasteiger partial charge in [-0.1, -0.05) is 6.92 Å². The van der Waals surface area contributed by atoms with Crippen LogP contribution in [0.25, 0.3) is 0 Å². The fourth-order valence-corrected chi connectivity index (χ4v) is 2.26. The van der Waals surface area contributed by atoms with Crippen LogP contribution in [0.15, 0.2) is 22.7 Å². The Balaban J connectivity index is 2.33. The smallest absolute Gasteiger partial charge is 0.252 e. The number of hydrogen-bond donors (Lipinski definition) is 3. The van der Waals surface area contributed by atoms with E-state index in [-0.39, 0.29) is 30.5 Å². The first kappa shape index (κ1) is 18.6. The van der Waals surface area contributed by atoms with Crippen LogP contribution in [0, 0.1) is 5.82 Å². The lowest BCUT2D eigenvalue weighted by atomic mass is 10.2. The van der Waals surface area contributed by atoms with Gasteiger partial charge in [0.05, 0.1) is 5.56 Å². The normalized spacial score (nSPS) is 11.8. The second kappa shape index (κ2) is 9.53. The van der Waals surface area contributed by atoms with Crippen LogP contribution in [0.3, 0.4) is 0 Å². The summed E-state index contributed by atoms with van der Waals surface area (Å²) in [7, 11) is 0. The van der Waals surface area contributed by atoms with Gasteiger partial charge in [0.1, 0.15) is 5.82 Å². The molecule has 0 aromatic heterocycles. The number of carbonyl (C=O) groups is 2. The molecule has 2 amide bonds. The minimum Gasteiger partial charge on any atom is -0.354 e. The maximum Gasteiger partial charge on any atom is 0.252 e. The van der Waals surface area contributed by atoms with Crippen molar-refractivity contribution in [2.24, 2.45) is 0 Å². The van der Waals surface area contributed by atoms with Gasteiger partial charge in [-0.15, -0.1) is 0 Å². The van der Waals surface area contributed by atoms with Crippen LogP contribution < -0.4 is 16.0 Å². The summed E-state index contributed by atoms with van der Waals surface area (Å²) >= 11 is 3.19. The Morgan fingerprint density at radius 1 is 1.32 bits per heavy atom. The van der Waals surface area contributed by atoms with Crippen LogP contribution in [0.4, 0.5) is 4.39 Å². The lowest BCUT2D eigenvalue weighted by Gasteiger charge is -2.13. The lowest BCUT2D eigenvalue weighted by Crippen LogP contribution is -2.39. The molecule has 1 aromatic rings. The summed E-state index contributed by atoms with van der Waals surface area (Å²) in [5.74, 6) is -1.04. The first-order valence-corrected chi connectivity index (χ1v) is 7.96. The summed E-state index contributed by atoms with van der Waals surface area (Å²) in [4.78, 5) is 23.5. The van der Waals surface area contributed by atoms with Crippen LogP contribution >= 0.6 is 15.9 Å². The van der Waals surface area contributed by atoms with Gasteiger partial charge in [0.25, 0.3) is 5.91 Å². The number of likely N-dealkylation sites (N-methyl/N-ethyl adjacent to an activating group) is 1. The highest BCUT2D eigenvalue weighted by atomic mass is 79.9. The van der Waals surface area contributed by atoms with Crippen LogP contribution in [-0.4, -0.2) is 37.5 Å². The molecule has 22 heavy (non-hydrogen) atoms. The number of nitrogens with one attached hydrogen (secondary N) is 3. The second-order valence-electron chi connectivity index (χ2n) is 4.89. The molecule has 0 aliphatic rings. The van der Waals surface area contributed by atoms with Crippen molar-refractivity contribution >= 4 is 27.7 Å². The van der Waals surface area contributed by atoms with Crippen molar-refractivity contribution in [2.75, 3.05) is 19.6 Å². The van der Waals surface area contributed by atoms with E-state index in [1.807, 2.05) is 13.8 Å². The topological polar surface area (TPSA) is 70.2 Å². The average Bonchev–Trinajstić information content (AvgIpc) is 2.48. The third-order valence-electron chi connectivity index (χ3n) is 2.97. The summed E-state index contributed by atoms with van der Waals surface area (Å²) in [5, 5.41) is 8.56. The molecule has 5 nitrogen and oxygen atoms in total. The minimum atomic E-state index is -0.483. The number of carbonyl (C=O) groups excluding carboxylic acids is 2. The summed E-state index contributed by atoms with van der Waals surface area (Å²) in [5.41, 5.74) is 0.209. The Morgan fingerprint density at radius 2 is 2.05 bits per heavy atom. The van der Waals surface area contributed by atoms with Gasteiger partial charge >= 0.3 is 0 Å². The zero-order valence-electron chi connectivity index (χ0n) is 12.7. The van der Waals surface area contributed by atoms with Crippen molar-refractivity contribution in [2.45, 2.75) is 26.3 Å². The zero-order valence-corrected chi connectivity index (χ0v) is 14.3. The van der Waals surface area contributed by atoms with Gasteiger partial charge in [0.15, 0.2) is 0 Å². The molecule has 0 bridgehead atoms. The molecule has 7 heteroatoms. The fourth-order valence-electron chi connectivity index (χ4n) is 1.83. The first-order chi connectivity index (χ1) is 10.4. The number of amides is 2. The predicted molar refractivity (Wildman–Crippen MR) is 87.2 cm³/mol. The Kier molecular flexibility index (Phi) is 8.05. The third-order valence-corrected chi connectivity index (χ3v) is 3.66. The molecule has 0 aliphatic carbocycles. The zero-order chi connectivity index (χ0) is 16.5. The number of rotatable bonds is 8. The lowest BCUT2D eigenvalue weighted by molar-refractivity contribution is -0.121. The largest absolute Gasteiger partial charge is 0.354 e. The minimum absolute atomic E-state index is 0.136. The van der Waals surface area contributed by atoms with E-state index in [2.05, 4.69) is 31.9 Å². The van der Waals surface area contributed by atoms with Gasteiger partial charge in [-0.3, -0.25) is 9.59 Å². The molecule has 1 aromatic carbocycles. The van der Waals surface area contributed by atoms with Crippen molar-refractivity contribution in [1.82, 2.24) is 16.0 Å². The van der Waals surface area contributed by atoms with E-state index < -0.39 is 11.7 Å². The summed E-state index contributed by atoms with van der Waals surface area (Å²) in [6, 6.07) is 4.09. The first-order valence-electron chi connectivity index (χ1n) is 7.17. The van der Waals surface area contributed by atoms with Crippen molar-refractivity contribution in [3.05, 3.63) is 34.1 Å². The molecule has 0 aliphatic heterocycles. The molecule has 0 heterocycles. The summed E-state index contributed by atoms with van der Waals surface area (Å²) in [6.45, 7) is 5.56. The van der Waals surface area contributed by atoms with Gasteiger partial charge in [-0.05, 0) is 47.6 Å². The highest BCUT2D eigenvalue weighted by Gasteiger charge is 2.11. The van der Waals surface area contributed by atoms with Crippen LogP contribution in [0.2, 0.25) is 0 Å². The SMILES string of the molecule is CCN[C@H](C)CNC(=O)CCNC(=O)c1cc(F)ccc1Br. The molecule has 0 spiro atoms. The van der Waals surface area contributed by atoms with E-state index in [0.717, 1.165) is 12.6 Å². The van der Waals surface area contributed by atoms with Crippen molar-refractivity contribution in [3.63, 3.8) is 0 Å². The van der Waals surface area contributed by atoms with Crippen molar-refractivity contribution < 1.29 is 14.0 Å². The second-order valence-corrected chi connectivity index (χ2v) is 5.75. The van der Waals surface area contributed by atoms with Gasteiger partial charge < -0.3 is 16.0 Å². The number of halogens is 2. The standard InChI is InChI=1S/C15H21BrFN3O2/c1-3-18-10(2)9-20-14(21)6-7-19-15(22)12-8-11(17)4-5-13(12)16/h4-5,8,10,18H,3,6-7,9H2,1-2H3,(H,19,22)(H,20,21)/t10-/m1/s1. The maximum atomic E-state index is 13.1. The van der Waals surface area contributed by atoms with Crippen molar-refractivity contribution in [3.8, 4) is 0 Å². The van der Waals surface area contributed by atoms with Crippen LogP contribution in [-0.2, 0) is 4.79 Å². The predicted octanol–water partition coefficient (Wildman–Crippen LogP) is 1.82. The van der Waals surface area contributed by atoms with Gasteiger partial charge in [0.2, 0.25) is 5.91 Å². The Labute approximate surface area is 138 Å². The quantitative estimate of drug-likeness (QED) is 0.650. The van der Waals surface area contributed by atoms with E-state index in [1.54, 1.807) is 0 Å². The van der Waals surface area contributed by atoms with E-state index >= 15 is 0 Å². The summed E-state index contributed by atoms with van der Waals surface area (Å²) < 4.78 is 13.6. The fraction of sp³-hybridized carbons (Fsp3) is 0.467. The average molecular weight is 374 g/mol. The van der Waals surface area contributed by atoms with Crippen LogP contribution in [0.1, 0.15) is 30.6 Å². The highest BCUT2D eigenvalue weighted by molar-refractivity contribution is 9.10. The van der Waals surface area contributed by atoms with E-state index in [1.165, 1.54) is 12.1 Å². The molecule has 0 saturated carbocycles. The highest BCUT2D eigenvalue weighted by Crippen LogP contribution is 2.17. The Morgan fingerprint density at radius 3 is 2.73 bits per heavy atom. The number of hydrogen-bond acceptors (Lipinski definition) is 3. The molecule has 1 rings (SSSR count). The van der Waals surface area contributed by atoms with E-state index in [4.69, 9.17) is 0 Å². The summed E-state index contributed by atoms with van der Waals surface area (Å²) in [6.07, 6.45) is 0.178. The molecular weight excluding hydrogens is 353 g/mol. The van der Waals surface area contributed by atoms with Gasteiger partial charge in [-0.25, -0.2) is 4.39 Å². The Bertz CT molecular complexity index is 526.